The SMILES string of the molecule is Cc1cc(C(=O)N2CCN(C)CC2)c2cc(F)ccc2n1. The Morgan fingerprint density at radius 2 is 1.90 bits per heavy atom. The zero-order valence-electron chi connectivity index (χ0n) is 12.3. The summed E-state index contributed by atoms with van der Waals surface area (Å²) < 4.78 is 13.5. The lowest BCUT2D eigenvalue weighted by Gasteiger charge is -2.32. The Labute approximate surface area is 123 Å². The van der Waals surface area contributed by atoms with Crippen molar-refractivity contribution in [3.63, 3.8) is 0 Å². The molecule has 0 saturated carbocycles. The van der Waals surface area contributed by atoms with Crippen LogP contribution in [-0.2, 0) is 0 Å². The minimum absolute atomic E-state index is 0.0378. The van der Waals surface area contributed by atoms with E-state index in [1.807, 2.05) is 18.9 Å². The first-order valence-corrected chi connectivity index (χ1v) is 7.09. The lowest BCUT2D eigenvalue weighted by atomic mass is 10.1. The summed E-state index contributed by atoms with van der Waals surface area (Å²) >= 11 is 0. The van der Waals surface area contributed by atoms with Gasteiger partial charge in [-0.15, -0.1) is 0 Å². The fourth-order valence-corrected chi connectivity index (χ4v) is 2.69. The third kappa shape index (κ3) is 2.74. The van der Waals surface area contributed by atoms with E-state index in [9.17, 15) is 9.18 Å². The van der Waals surface area contributed by atoms with Crippen molar-refractivity contribution >= 4 is 16.8 Å². The molecule has 0 unspecified atom stereocenters. The van der Waals surface area contributed by atoms with Gasteiger partial charge < -0.3 is 9.80 Å². The van der Waals surface area contributed by atoms with Gasteiger partial charge in [0.15, 0.2) is 0 Å². The van der Waals surface area contributed by atoms with Crippen LogP contribution in [0.15, 0.2) is 24.3 Å². The van der Waals surface area contributed by atoms with E-state index in [4.69, 9.17) is 0 Å². The molecule has 0 radical (unpaired) electrons. The molecule has 1 aliphatic heterocycles. The molecular formula is C16H18FN3O. The molecule has 2 aromatic rings. The number of piperazine rings is 1. The standard InChI is InChI=1S/C16H18FN3O/c1-11-9-14(13-10-12(17)3-4-15(13)18-11)16(21)20-7-5-19(2)6-8-20/h3-4,9-10H,5-8H2,1-2H3. The maximum atomic E-state index is 13.5. The fraction of sp³-hybridized carbons (Fsp3) is 0.375. The predicted molar refractivity (Wildman–Crippen MR) is 79.8 cm³/mol. The van der Waals surface area contributed by atoms with Gasteiger partial charge in [0.2, 0.25) is 0 Å². The Hall–Kier alpha value is -2.01. The van der Waals surface area contributed by atoms with Gasteiger partial charge in [-0.25, -0.2) is 4.39 Å². The number of likely N-dealkylation sites (N-methyl/N-ethyl adjacent to an activating group) is 1. The van der Waals surface area contributed by atoms with Crippen molar-refractivity contribution in [3.8, 4) is 0 Å². The molecule has 1 aliphatic rings. The van der Waals surface area contributed by atoms with Crippen molar-refractivity contribution in [2.45, 2.75) is 6.92 Å². The van der Waals surface area contributed by atoms with E-state index >= 15 is 0 Å². The number of pyridine rings is 1. The molecule has 2 heterocycles. The average molecular weight is 287 g/mol. The smallest absolute Gasteiger partial charge is 0.254 e. The molecule has 1 aromatic carbocycles. The zero-order chi connectivity index (χ0) is 15.0. The van der Waals surface area contributed by atoms with Gasteiger partial charge in [0.1, 0.15) is 5.82 Å². The van der Waals surface area contributed by atoms with E-state index in [0.717, 1.165) is 18.8 Å². The predicted octanol–water partition coefficient (Wildman–Crippen LogP) is 2.07. The summed E-state index contributed by atoms with van der Waals surface area (Å²) in [4.78, 5) is 21.1. The van der Waals surface area contributed by atoms with Crippen LogP contribution < -0.4 is 0 Å². The molecule has 0 N–H and O–H groups in total. The molecule has 1 aromatic heterocycles. The van der Waals surface area contributed by atoms with Crippen molar-refractivity contribution in [3.05, 3.63) is 41.3 Å². The minimum Gasteiger partial charge on any atom is -0.336 e. The molecule has 3 rings (SSSR count). The number of carbonyl (C=O) groups is 1. The number of nitrogens with zero attached hydrogens (tertiary/aromatic N) is 3. The van der Waals surface area contributed by atoms with E-state index in [-0.39, 0.29) is 11.7 Å². The number of amides is 1. The van der Waals surface area contributed by atoms with E-state index in [1.54, 1.807) is 12.1 Å². The average Bonchev–Trinajstić information content (AvgIpc) is 2.47. The summed E-state index contributed by atoms with van der Waals surface area (Å²) in [6.45, 7) is 4.98. The second-order valence-electron chi connectivity index (χ2n) is 5.57. The third-order valence-electron chi connectivity index (χ3n) is 3.92. The Bertz CT molecular complexity index is 693. The highest BCUT2D eigenvalue weighted by atomic mass is 19.1. The van der Waals surface area contributed by atoms with Crippen molar-refractivity contribution < 1.29 is 9.18 Å². The highest BCUT2D eigenvalue weighted by molar-refractivity contribution is 6.06. The summed E-state index contributed by atoms with van der Waals surface area (Å²) in [5.41, 5.74) is 1.97. The highest BCUT2D eigenvalue weighted by Crippen LogP contribution is 2.21. The topological polar surface area (TPSA) is 36.4 Å². The Morgan fingerprint density at radius 3 is 2.62 bits per heavy atom. The number of aryl methyl sites for hydroxylation is 1. The first-order valence-electron chi connectivity index (χ1n) is 7.09. The van der Waals surface area contributed by atoms with Crippen molar-refractivity contribution in [1.82, 2.24) is 14.8 Å². The van der Waals surface area contributed by atoms with Gasteiger partial charge >= 0.3 is 0 Å². The van der Waals surface area contributed by atoms with Gasteiger partial charge in [0.05, 0.1) is 11.1 Å². The monoisotopic (exact) mass is 287 g/mol. The number of carbonyl (C=O) groups excluding carboxylic acids is 1. The van der Waals surface area contributed by atoms with Crippen molar-refractivity contribution in [2.75, 3.05) is 33.2 Å². The summed E-state index contributed by atoms with van der Waals surface area (Å²) in [5, 5.41) is 0.588. The lowest BCUT2D eigenvalue weighted by molar-refractivity contribution is 0.0666. The Balaban J connectivity index is 2.02. The molecule has 0 bridgehead atoms. The molecular weight excluding hydrogens is 269 g/mol. The van der Waals surface area contributed by atoms with Crippen LogP contribution in [0.4, 0.5) is 4.39 Å². The van der Waals surface area contributed by atoms with Gasteiger partial charge in [-0.1, -0.05) is 0 Å². The molecule has 5 heteroatoms. The summed E-state index contributed by atoms with van der Waals surface area (Å²) in [5.74, 6) is -0.384. The largest absolute Gasteiger partial charge is 0.336 e. The highest BCUT2D eigenvalue weighted by Gasteiger charge is 2.22. The van der Waals surface area contributed by atoms with Crippen LogP contribution in [0, 0.1) is 12.7 Å². The molecule has 4 nitrogen and oxygen atoms in total. The number of fused-ring (bicyclic) bond motifs is 1. The van der Waals surface area contributed by atoms with Gasteiger partial charge in [0.25, 0.3) is 5.91 Å². The van der Waals surface area contributed by atoms with E-state index in [2.05, 4.69) is 9.88 Å². The van der Waals surface area contributed by atoms with Crippen LogP contribution >= 0.6 is 0 Å². The first-order chi connectivity index (χ1) is 10.0. The quantitative estimate of drug-likeness (QED) is 0.805. The maximum Gasteiger partial charge on any atom is 0.254 e. The number of halogens is 1. The van der Waals surface area contributed by atoms with Crippen LogP contribution in [0.2, 0.25) is 0 Å². The number of hydrogen-bond acceptors (Lipinski definition) is 3. The third-order valence-corrected chi connectivity index (χ3v) is 3.92. The molecule has 110 valence electrons. The van der Waals surface area contributed by atoms with E-state index in [0.29, 0.717) is 29.6 Å². The second kappa shape index (κ2) is 5.41. The molecule has 1 amide bonds. The summed E-state index contributed by atoms with van der Waals surface area (Å²) in [6, 6.07) is 6.14. The zero-order valence-corrected chi connectivity index (χ0v) is 12.3. The fourth-order valence-electron chi connectivity index (χ4n) is 2.69. The Morgan fingerprint density at radius 1 is 1.19 bits per heavy atom. The normalized spacial score (nSPS) is 16.4. The van der Waals surface area contributed by atoms with E-state index < -0.39 is 0 Å². The second-order valence-corrected chi connectivity index (χ2v) is 5.57. The molecule has 0 atom stereocenters. The van der Waals surface area contributed by atoms with Crippen LogP contribution in [0.3, 0.4) is 0 Å². The Kier molecular flexibility index (Phi) is 3.59. The van der Waals surface area contributed by atoms with Crippen LogP contribution in [0.1, 0.15) is 16.1 Å². The minimum atomic E-state index is -0.347. The van der Waals surface area contributed by atoms with Gasteiger partial charge in [-0.2, -0.15) is 0 Å². The van der Waals surface area contributed by atoms with Gasteiger partial charge in [-0.05, 0) is 38.2 Å². The lowest BCUT2D eigenvalue weighted by Crippen LogP contribution is -2.47. The number of aromatic nitrogens is 1. The van der Waals surface area contributed by atoms with Crippen LogP contribution in [0.25, 0.3) is 10.9 Å². The maximum absolute atomic E-state index is 13.5. The van der Waals surface area contributed by atoms with Crippen molar-refractivity contribution in [1.29, 1.82) is 0 Å². The summed E-state index contributed by atoms with van der Waals surface area (Å²) in [7, 11) is 2.04. The molecule has 0 aliphatic carbocycles. The number of hydrogen-bond donors (Lipinski definition) is 0. The number of rotatable bonds is 1. The number of benzene rings is 1. The molecule has 1 fully saturated rings. The van der Waals surface area contributed by atoms with E-state index in [1.165, 1.54) is 12.1 Å². The van der Waals surface area contributed by atoms with Crippen molar-refractivity contribution in [2.24, 2.45) is 0 Å². The van der Waals surface area contributed by atoms with Crippen LogP contribution in [-0.4, -0.2) is 53.9 Å². The van der Waals surface area contributed by atoms with Crippen LogP contribution in [0.5, 0.6) is 0 Å². The molecule has 21 heavy (non-hydrogen) atoms. The summed E-state index contributed by atoms with van der Waals surface area (Å²) in [6.07, 6.45) is 0. The molecule has 1 saturated heterocycles. The first kappa shape index (κ1) is 13.9. The van der Waals surface area contributed by atoms with Gasteiger partial charge in [-0.3, -0.25) is 9.78 Å². The molecule has 0 spiro atoms. The van der Waals surface area contributed by atoms with Gasteiger partial charge in [0, 0.05) is 37.3 Å².